The highest BCUT2D eigenvalue weighted by atomic mass is 35.5. The number of hydrogen-bond acceptors (Lipinski definition) is 2. The quantitative estimate of drug-likeness (QED) is 0.824. The van der Waals surface area contributed by atoms with Crippen molar-refractivity contribution in [1.82, 2.24) is 0 Å². The fraction of sp³-hybridized carbons (Fsp3) is 0.235. The van der Waals surface area contributed by atoms with Crippen LogP contribution in [0.5, 0.6) is 0 Å². The van der Waals surface area contributed by atoms with E-state index in [9.17, 15) is 4.79 Å². The molecule has 0 saturated heterocycles. The van der Waals surface area contributed by atoms with Gasteiger partial charge in [-0.3, -0.25) is 4.79 Å². The number of rotatable bonds is 5. The minimum absolute atomic E-state index is 0.213. The van der Waals surface area contributed by atoms with Gasteiger partial charge >= 0.3 is 0 Å². The van der Waals surface area contributed by atoms with E-state index in [0.29, 0.717) is 21.3 Å². The summed E-state index contributed by atoms with van der Waals surface area (Å²) in [4.78, 5) is 14.5. The molecule has 5 heteroatoms. The molecule has 0 atom stereocenters. The van der Waals surface area contributed by atoms with Crippen LogP contribution in [-0.2, 0) is 0 Å². The summed E-state index contributed by atoms with van der Waals surface area (Å²) in [7, 11) is 0. The molecule has 0 aliphatic rings. The number of benzene rings is 2. The van der Waals surface area contributed by atoms with Crippen molar-refractivity contribution in [3.8, 4) is 0 Å². The first-order valence-corrected chi connectivity index (χ1v) is 7.92. The molecule has 0 spiro atoms. The third-order valence-electron chi connectivity index (χ3n) is 3.43. The lowest BCUT2D eigenvalue weighted by Crippen LogP contribution is -2.21. The average Bonchev–Trinajstić information content (AvgIpc) is 2.53. The molecule has 116 valence electrons. The zero-order chi connectivity index (χ0) is 16.1. The number of carbonyl (C=O) groups is 1. The molecule has 22 heavy (non-hydrogen) atoms. The van der Waals surface area contributed by atoms with E-state index in [0.717, 1.165) is 18.8 Å². The van der Waals surface area contributed by atoms with Crippen molar-refractivity contribution in [3.05, 3.63) is 58.1 Å². The second kappa shape index (κ2) is 7.52. The molecule has 0 aliphatic heterocycles. The Labute approximate surface area is 140 Å². The topological polar surface area (TPSA) is 32.3 Å². The summed E-state index contributed by atoms with van der Waals surface area (Å²) in [5, 5.41) is 3.76. The van der Waals surface area contributed by atoms with Crippen LogP contribution in [0.15, 0.2) is 42.5 Å². The van der Waals surface area contributed by atoms with Gasteiger partial charge in [0.15, 0.2) is 0 Å². The maximum atomic E-state index is 12.3. The maximum Gasteiger partial charge on any atom is 0.255 e. The van der Waals surface area contributed by atoms with Crippen molar-refractivity contribution in [1.29, 1.82) is 0 Å². The molecule has 2 rings (SSSR count). The van der Waals surface area contributed by atoms with Crippen LogP contribution >= 0.6 is 23.2 Å². The van der Waals surface area contributed by atoms with E-state index < -0.39 is 0 Å². The van der Waals surface area contributed by atoms with Crippen LogP contribution in [-0.4, -0.2) is 19.0 Å². The smallest absolute Gasteiger partial charge is 0.255 e. The van der Waals surface area contributed by atoms with Crippen molar-refractivity contribution in [2.45, 2.75) is 13.8 Å². The Hall–Kier alpha value is -1.71. The summed E-state index contributed by atoms with van der Waals surface area (Å²) in [5.74, 6) is -0.213. The molecule has 0 saturated carbocycles. The highest BCUT2D eigenvalue weighted by molar-refractivity contribution is 6.35. The fourth-order valence-corrected chi connectivity index (χ4v) is 2.54. The summed E-state index contributed by atoms with van der Waals surface area (Å²) >= 11 is 12.0. The van der Waals surface area contributed by atoms with E-state index in [1.807, 2.05) is 12.1 Å². The standard InChI is InChI=1S/C17H18Cl2N2O/c1-3-21(4-2)14-8-5-12(6-9-14)17(22)20-16-11-13(18)7-10-15(16)19/h5-11H,3-4H2,1-2H3,(H,20,22). The third kappa shape index (κ3) is 3.93. The minimum Gasteiger partial charge on any atom is -0.372 e. The highest BCUT2D eigenvalue weighted by Gasteiger charge is 2.10. The molecule has 2 aromatic carbocycles. The van der Waals surface area contributed by atoms with Crippen LogP contribution in [0.2, 0.25) is 10.0 Å². The Morgan fingerprint density at radius 2 is 1.68 bits per heavy atom. The molecule has 2 aromatic rings. The first-order valence-electron chi connectivity index (χ1n) is 7.16. The summed E-state index contributed by atoms with van der Waals surface area (Å²) < 4.78 is 0. The largest absolute Gasteiger partial charge is 0.372 e. The van der Waals surface area contributed by atoms with Gasteiger partial charge in [0.05, 0.1) is 10.7 Å². The lowest BCUT2D eigenvalue weighted by atomic mass is 10.1. The second-order valence-corrected chi connectivity index (χ2v) is 5.64. The van der Waals surface area contributed by atoms with E-state index in [1.165, 1.54) is 0 Å². The van der Waals surface area contributed by atoms with Gasteiger partial charge in [-0.2, -0.15) is 0 Å². The second-order valence-electron chi connectivity index (χ2n) is 4.80. The van der Waals surface area contributed by atoms with Gasteiger partial charge in [0.2, 0.25) is 0 Å². The molecular formula is C17H18Cl2N2O. The van der Waals surface area contributed by atoms with E-state index in [2.05, 4.69) is 24.1 Å². The van der Waals surface area contributed by atoms with E-state index in [4.69, 9.17) is 23.2 Å². The normalized spacial score (nSPS) is 10.4. The number of halogens is 2. The minimum atomic E-state index is -0.213. The Kier molecular flexibility index (Phi) is 5.69. The van der Waals surface area contributed by atoms with E-state index in [-0.39, 0.29) is 5.91 Å². The molecule has 0 aliphatic carbocycles. The van der Waals surface area contributed by atoms with E-state index in [1.54, 1.807) is 30.3 Å². The highest BCUT2D eigenvalue weighted by Crippen LogP contribution is 2.26. The summed E-state index contributed by atoms with van der Waals surface area (Å²) in [6.45, 7) is 6.07. The fourth-order valence-electron chi connectivity index (χ4n) is 2.20. The van der Waals surface area contributed by atoms with Gasteiger partial charge < -0.3 is 10.2 Å². The molecule has 1 amide bonds. The average molecular weight is 337 g/mol. The van der Waals surface area contributed by atoms with Crippen LogP contribution in [0.4, 0.5) is 11.4 Å². The molecule has 1 N–H and O–H groups in total. The van der Waals surface area contributed by atoms with Gasteiger partial charge in [0.1, 0.15) is 0 Å². The van der Waals surface area contributed by atoms with Gasteiger partial charge in [-0.05, 0) is 56.3 Å². The van der Waals surface area contributed by atoms with Crippen molar-refractivity contribution in [2.75, 3.05) is 23.3 Å². The molecule has 0 unspecified atom stereocenters. The summed E-state index contributed by atoms with van der Waals surface area (Å²) in [6.07, 6.45) is 0. The van der Waals surface area contributed by atoms with Crippen molar-refractivity contribution >= 4 is 40.5 Å². The Morgan fingerprint density at radius 1 is 1.05 bits per heavy atom. The first-order chi connectivity index (χ1) is 10.5. The number of nitrogens with zero attached hydrogens (tertiary/aromatic N) is 1. The Bertz CT molecular complexity index is 652. The van der Waals surface area contributed by atoms with Crippen LogP contribution < -0.4 is 10.2 Å². The Balaban J connectivity index is 2.14. The molecule has 3 nitrogen and oxygen atoms in total. The van der Waals surface area contributed by atoms with E-state index >= 15 is 0 Å². The van der Waals surface area contributed by atoms with Crippen LogP contribution in [0.25, 0.3) is 0 Å². The van der Waals surface area contributed by atoms with Gasteiger partial charge in [-0.15, -0.1) is 0 Å². The van der Waals surface area contributed by atoms with Gasteiger partial charge in [-0.25, -0.2) is 0 Å². The van der Waals surface area contributed by atoms with Gasteiger partial charge in [-0.1, -0.05) is 23.2 Å². The maximum absolute atomic E-state index is 12.3. The van der Waals surface area contributed by atoms with Gasteiger partial charge in [0, 0.05) is 29.4 Å². The number of hydrogen-bond donors (Lipinski definition) is 1. The molecule has 0 radical (unpaired) electrons. The predicted octanol–water partition coefficient (Wildman–Crippen LogP) is 5.09. The monoisotopic (exact) mass is 336 g/mol. The lowest BCUT2D eigenvalue weighted by molar-refractivity contribution is 0.102. The zero-order valence-corrected chi connectivity index (χ0v) is 14.1. The summed E-state index contributed by atoms with van der Waals surface area (Å²) in [6, 6.07) is 12.5. The molecule has 0 heterocycles. The van der Waals surface area contributed by atoms with Crippen LogP contribution in [0, 0.1) is 0 Å². The third-order valence-corrected chi connectivity index (χ3v) is 4.00. The number of carbonyl (C=O) groups excluding carboxylic acids is 1. The zero-order valence-electron chi connectivity index (χ0n) is 12.6. The summed E-state index contributed by atoms with van der Waals surface area (Å²) in [5.41, 5.74) is 2.18. The van der Waals surface area contributed by atoms with Gasteiger partial charge in [0.25, 0.3) is 5.91 Å². The molecule has 0 aromatic heterocycles. The van der Waals surface area contributed by atoms with Crippen molar-refractivity contribution < 1.29 is 4.79 Å². The first kappa shape index (κ1) is 16.7. The van der Waals surface area contributed by atoms with Crippen molar-refractivity contribution in [3.63, 3.8) is 0 Å². The molecular weight excluding hydrogens is 319 g/mol. The Morgan fingerprint density at radius 3 is 2.27 bits per heavy atom. The SMILES string of the molecule is CCN(CC)c1ccc(C(=O)Nc2cc(Cl)ccc2Cl)cc1. The number of amides is 1. The molecule has 0 bridgehead atoms. The number of nitrogens with one attached hydrogen (secondary N) is 1. The van der Waals surface area contributed by atoms with Crippen molar-refractivity contribution in [2.24, 2.45) is 0 Å². The van der Waals surface area contributed by atoms with Crippen LogP contribution in [0.3, 0.4) is 0 Å². The van der Waals surface area contributed by atoms with Crippen LogP contribution in [0.1, 0.15) is 24.2 Å². The predicted molar refractivity (Wildman–Crippen MR) is 94.4 cm³/mol. The number of anilines is 2. The lowest BCUT2D eigenvalue weighted by Gasteiger charge is -2.21. The molecule has 0 fully saturated rings.